The molecular formula is C11H12BrN. The van der Waals surface area contributed by atoms with Crippen molar-refractivity contribution in [1.82, 2.24) is 0 Å². The third-order valence-corrected chi connectivity index (χ3v) is 3.13. The Balaban J connectivity index is 2.09. The first-order chi connectivity index (χ1) is 6.36. The van der Waals surface area contributed by atoms with E-state index in [2.05, 4.69) is 39.1 Å². The molecule has 1 nitrogen and oxygen atoms in total. The molecule has 1 aromatic carbocycles. The van der Waals surface area contributed by atoms with Gasteiger partial charge in [0.2, 0.25) is 0 Å². The van der Waals surface area contributed by atoms with Crippen molar-refractivity contribution >= 4 is 22.1 Å². The molecule has 68 valence electrons. The Bertz CT molecular complexity index is 320. The SMILES string of the molecule is Brc1ccccc1CC1CCC=N1. The predicted octanol–water partition coefficient (Wildman–Crippen LogP) is 3.22. The van der Waals surface area contributed by atoms with Gasteiger partial charge in [0.25, 0.3) is 0 Å². The molecule has 0 aromatic heterocycles. The maximum atomic E-state index is 4.43. The molecule has 1 aromatic rings. The van der Waals surface area contributed by atoms with Gasteiger partial charge < -0.3 is 0 Å². The Morgan fingerprint density at radius 1 is 1.38 bits per heavy atom. The van der Waals surface area contributed by atoms with Crippen molar-refractivity contribution in [2.75, 3.05) is 0 Å². The van der Waals surface area contributed by atoms with Crippen molar-refractivity contribution < 1.29 is 0 Å². The summed E-state index contributed by atoms with van der Waals surface area (Å²) in [6, 6.07) is 8.90. The number of aliphatic imine (C=N–C) groups is 1. The highest BCUT2D eigenvalue weighted by atomic mass is 79.9. The zero-order chi connectivity index (χ0) is 9.10. The second-order valence-electron chi connectivity index (χ2n) is 3.36. The van der Waals surface area contributed by atoms with Crippen LogP contribution < -0.4 is 0 Å². The maximum absolute atomic E-state index is 4.43. The van der Waals surface area contributed by atoms with Crippen molar-refractivity contribution in [3.8, 4) is 0 Å². The number of nitrogens with zero attached hydrogens (tertiary/aromatic N) is 1. The normalized spacial score (nSPS) is 20.8. The average Bonchev–Trinajstić information content (AvgIpc) is 2.61. The van der Waals surface area contributed by atoms with Crippen molar-refractivity contribution in [3.63, 3.8) is 0 Å². The van der Waals surface area contributed by atoms with Gasteiger partial charge in [-0.05, 0) is 37.1 Å². The standard InChI is InChI=1S/C11H12BrN/c12-11-6-2-1-4-9(11)8-10-5-3-7-13-10/h1-2,4,6-7,10H,3,5,8H2. The van der Waals surface area contributed by atoms with Gasteiger partial charge in [-0.25, -0.2) is 0 Å². The van der Waals surface area contributed by atoms with E-state index in [1.807, 2.05) is 12.3 Å². The van der Waals surface area contributed by atoms with Crippen LogP contribution in [0.4, 0.5) is 0 Å². The van der Waals surface area contributed by atoms with Crippen LogP contribution >= 0.6 is 15.9 Å². The van der Waals surface area contributed by atoms with E-state index in [1.54, 1.807) is 0 Å². The molecule has 1 aliphatic rings. The highest BCUT2D eigenvalue weighted by Gasteiger charge is 2.12. The second-order valence-corrected chi connectivity index (χ2v) is 4.21. The van der Waals surface area contributed by atoms with Crippen LogP contribution in [0, 0.1) is 0 Å². The lowest BCUT2D eigenvalue weighted by molar-refractivity contribution is 0.666. The molecule has 1 unspecified atom stereocenters. The Kier molecular flexibility index (Phi) is 2.79. The van der Waals surface area contributed by atoms with Gasteiger partial charge in [0.05, 0.1) is 6.04 Å². The third-order valence-electron chi connectivity index (χ3n) is 2.36. The Morgan fingerprint density at radius 2 is 2.23 bits per heavy atom. The van der Waals surface area contributed by atoms with E-state index in [1.165, 1.54) is 16.5 Å². The molecule has 2 rings (SSSR count). The van der Waals surface area contributed by atoms with E-state index >= 15 is 0 Å². The molecule has 0 saturated heterocycles. The zero-order valence-corrected chi connectivity index (χ0v) is 9.00. The zero-order valence-electron chi connectivity index (χ0n) is 7.41. The molecule has 0 aliphatic carbocycles. The number of benzene rings is 1. The van der Waals surface area contributed by atoms with Crippen LogP contribution in [0.5, 0.6) is 0 Å². The lowest BCUT2D eigenvalue weighted by Crippen LogP contribution is -2.04. The molecular weight excluding hydrogens is 226 g/mol. The van der Waals surface area contributed by atoms with Crippen LogP contribution in [-0.4, -0.2) is 12.3 Å². The molecule has 13 heavy (non-hydrogen) atoms. The number of hydrogen-bond acceptors (Lipinski definition) is 1. The van der Waals surface area contributed by atoms with Gasteiger partial charge in [0, 0.05) is 4.47 Å². The number of halogens is 1. The van der Waals surface area contributed by atoms with Gasteiger partial charge in [0.15, 0.2) is 0 Å². The predicted molar refractivity (Wildman–Crippen MR) is 59.4 cm³/mol. The molecule has 1 atom stereocenters. The van der Waals surface area contributed by atoms with E-state index in [9.17, 15) is 0 Å². The molecule has 0 amide bonds. The smallest absolute Gasteiger partial charge is 0.0539 e. The molecule has 0 fully saturated rings. The van der Waals surface area contributed by atoms with Crippen LogP contribution in [0.2, 0.25) is 0 Å². The summed E-state index contributed by atoms with van der Waals surface area (Å²) in [5, 5.41) is 0. The summed E-state index contributed by atoms with van der Waals surface area (Å²) in [7, 11) is 0. The van der Waals surface area contributed by atoms with E-state index in [0.29, 0.717) is 6.04 Å². The monoisotopic (exact) mass is 237 g/mol. The summed E-state index contributed by atoms with van der Waals surface area (Å²) in [4.78, 5) is 4.43. The summed E-state index contributed by atoms with van der Waals surface area (Å²) >= 11 is 3.55. The largest absolute Gasteiger partial charge is 0.294 e. The van der Waals surface area contributed by atoms with E-state index in [-0.39, 0.29) is 0 Å². The van der Waals surface area contributed by atoms with Gasteiger partial charge in [-0.3, -0.25) is 4.99 Å². The number of rotatable bonds is 2. The summed E-state index contributed by atoms with van der Waals surface area (Å²) in [5.41, 5.74) is 1.37. The fourth-order valence-corrected chi connectivity index (χ4v) is 2.08. The van der Waals surface area contributed by atoms with Crippen LogP contribution in [0.15, 0.2) is 33.7 Å². The van der Waals surface area contributed by atoms with Crippen molar-refractivity contribution in [3.05, 3.63) is 34.3 Å². The van der Waals surface area contributed by atoms with E-state index in [4.69, 9.17) is 0 Å². The van der Waals surface area contributed by atoms with E-state index < -0.39 is 0 Å². The summed E-state index contributed by atoms with van der Waals surface area (Å²) in [6.07, 6.45) is 5.47. The van der Waals surface area contributed by atoms with Gasteiger partial charge >= 0.3 is 0 Å². The summed E-state index contributed by atoms with van der Waals surface area (Å²) < 4.78 is 1.21. The van der Waals surface area contributed by atoms with Gasteiger partial charge in [-0.2, -0.15) is 0 Å². The minimum Gasteiger partial charge on any atom is -0.294 e. The minimum absolute atomic E-state index is 0.513. The highest BCUT2D eigenvalue weighted by Crippen LogP contribution is 2.21. The molecule has 0 bridgehead atoms. The maximum Gasteiger partial charge on any atom is 0.0539 e. The van der Waals surface area contributed by atoms with Gasteiger partial charge in [0.1, 0.15) is 0 Å². The molecule has 0 saturated carbocycles. The Labute approximate surface area is 87.0 Å². The molecule has 0 spiro atoms. The molecule has 1 heterocycles. The first-order valence-electron chi connectivity index (χ1n) is 4.61. The van der Waals surface area contributed by atoms with Gasteiger partial charge in [-0.1, -0.05) is 34.1 Å². The fourth-order valence-electron chi connectivity index (χ4n) is 1.64. The van der Waals surface area contributed by atoms with Crippen molar-refractivity contribution in [1.29, 1.82) is 0 Å². The summed E-state index contributed by atoms with van der Waals surface area (Å²) in [6.45, 7) is 0. The molecule has 1 aliphatic heterocycles. The minimum atomic E-state index is 0.513. The quantitative estimate of drug-likeness (QED) is 0.750. The molecule has 0 N–H and O–H groups in total. The Hall–Kier alpha value is -0.630. The third kappa shape index (κ3) is 2.19. The molecule has 2 heteroatoms. The van der Waals surface area contributed by atoms with Crippen molar-refractivity contribution in [2.24, 2.45) is 4.99 Å². The van der Waals surface area contributed by atoms with Crippen molar-refractivity contribution in [2.45, 2.75) is 25.3 Å². The van der Waals surface area contributed by atoms with E-state index in [0.717, 1.165) is 12.8 Å². The van der Waals surface area contributed by atoms with Crippen LogP contribution in [-0.2, 0) is 6.42 Å². The van der Waals surface area contributed by atoms with Crippen LogP contribution in [0.3, 0.4) is 0 Å². The van der Waals surface area contributed by atoms with Gasteiger partial charge in [-0.15, -0.1) is 0 Å². The lowest BCUT2D eigenvalue weighted by Gasteiger charge is -2.07. The molecule has 0 radical (unpaired) electrons. The lowest BCUT2D eigenvalue weighted by atomic mass is 10.0. The fraction of sp³-hybridized carbons (Fsp3) is 0.364. The first-order valence-corrected chi connectivity index (χ1v) is 5.40. The highest BCUT2D eigenvalue weighted by molar-refractivity contribution is 9.10. The second kappa shape index (κ2) is 4.05. The van der Waals surface area contributed by atoms with Crippen LogP contribution in [0.1, 0.15) is 18.4 Å². The van der Waals surface area contributed by atoms with Crippen LogP contribution in [0.25, 0.3) is 0 Å². The number of hydrogen-bond donors (Lipinski definition) is 0. The topological polar surface area (TPSA) is 12.4 Å². The first kappa shape index (κ1) is 8.95. The Morgan fingerprint density at radius 3 is 2.92 bits per heavy atom. The summed E-state index contributed by atoms with van der Waals surface area (Å²) in [5.74, 6) is 0. The average molecular weight is 238 g/mol.